The Labute approximate surface area is 379 Å². The lowest BCUT2D eigenvalue weighted by molar-refractivity contribution is -0.139. The molecule has 3 aromatic carbocycles. The molecule has 5 atom stereocenters. The van der Waals surface area contributed by atoms with Crippen molar-refractivity contribution < 1.29 is 33.4 Å². The van der Waals surface area contributed by atoms with E-state index in [1.165, 1.54) is 14.2 Å². The molecule has 8 rings (SSSR count). The summed E-state index contributed by atoms with van der Waals surface area (Å²) in [7, 11) is 4.15. The first-order valence-electron chi connectivity index (χ1n) is 22.4. The molecule has 1 aliphatic heterocycles. The second kappa shape index (κ2) is 18.6. The van der Waals surface area contributed by atoms with E-state index in [9.17, 15) is 19.2 Å². The van der Waals surface area contributed by atoms with Crippen molar-refractivity contribution in [3.63, 3.8) is 0 Å². The molecular formula is C50H60N8O7. The van der Waals surface area contributed by atoms with Crippen molar-refractivity contribution >= 4 is 34.8 Å². The predicted octanol–water partition coefficient (Wildman–Crippen LogP) is 8.17. The lowest BCUT2D eigenvalue weighted by atomic mass is 9.85. The molecule has 4 N–H and O–H groups in total. The van der Waals surface area contributed by atoms with Crippen LogP contribution in [0.1, 0.15) is 77.0 Å². The third-order valence-corrected chi connectivity index (χ3v) is 13.5. The number of rotatable bonds is 16. The summed E-state index contributed by atoms with van der Waals surface area (Å²) in [6.07, 6.45) is 9.37. The van der Waals surface area contributed by atoms with E-state index in [0.29, 0.717) is 25.4 Å². The van der Waals surface area contributed by atoms with Gasteiger partial charge in [0.15, 0.2) is 0 Å². The minimum Gasteiger partial charge on any atom is -0.453 e. The highest BCUT2D eigenvalue weighted by Crippen LogP contribution is 2.50. The average Bonchev–Trinajstić information content (AvgIpc) is 3.80. The molecule has 2 aromatic heterocycles. The quantitative estimate of drug-likeness (QED) is 0.0710. The summed E-state index contributed by atoms with van der Waals surface area (Å²) in [5.41, 5.74) is 5.10. The van der Waals surface area contributed by atoms with Gasteiger partial charge in [0, 0.05) is 43.7 Å². The molecule has 0 spiro atoms. The van der Waals surface area contributed by atoms with E-state index in [4.69, 9.17) is 19.2 Å². The van der Waals surface area contributed by atoms with Crippen LogP contribution in [0.15, 0.2) is 85.7 Å². The highest BCUT2D eigenvalue weighted by molar-refractivity contribution is 5.91. The van der Waals surface area contributed by atoms with Gasteiger partial charge in [0.05, 0.1) is 50.6 Å². The maximum atomic E-state index is 14.1. The molecule has 0 radical (unpaired) electrons. The third kappa shape index (κ3) is 9.65. The number of fused-ring (bicyclic) bond motifs is 3. The number of alkyl carbamates (subject to hydrolysis) is 2. The van der Waals surface area contributed by atoms with Crippen molar-refractivity contribution in [2.75, 3.05) is 34.5 Å². The molecule has 3 aliphatic rings. The maximum Gasteiger partial charge on any atom is 0.407 e. The van der Waals surface area contributed by atoms with Crippen LogP contribution in [0, 0.1) is 16.7 Å². The first-order valence-corrected chi connectivity index (χ1v) is 22.4. The largest absolute Gasteiger partial charge is 0.453 e. The zero-order valence-electron chi connectivity index (χ0n) is 38.1. The van der Waals surface area contributed by atoms with Crippen molar-refractivity contribution in [2.45, 2.75) is 90.0 Å². The molecule has 15 heteroatoms. The van der Waals surface area contributed by atoms with Crippen LogP contribution in [0.25, 0.3) is 44.4 Å². The van der Waals surface area contributed by atoms with Crippen molar-refractivity contribution in [3.8, 4) is 33.6 Å². The number of benzene rings is 3. The number of piperidine rings is 1. The van der Waals surface area contributed by atoms with Crippen LogP contribution in [0.4, 0.5) is 9.59 Å². The highest BCUT2D eigenvalue weighted by atomic mass is 16.5. The second-order valence-electron chi connectivity index (χ2n) is 18.9. The van der Waals surface area contributed by atoms with E-state index in [1.54, 1.807) is 18.2 Å². The number of hydrogen-bond acceptors (Lipinski definition) is 9. The predicted molar refractivity (Wildman–Crippen MR) is 247 cm³/mol. The normalized spacial score (nSPS) is 19.4. The van der Waals surface area contributed by atoms with Crippen molar-refractivity contribution in [1.82, 2.24) is 40.4 Å². The van der Waals surface area contributed by atoms with Gasteiger partial charge in [-0.05, 0) is 83.0 Å². The Morgan fingerprint density at radius 1 is 0.862 bits per heavy atom. The van der Waals surface area contributed by atoms with Gasteiger partial charge in [0.2, 0.25) is 11.8 Å². The average molecular weight is 885 g/mol. The van der Waals surface area contributed by atoms with E-state index in [2.05, 4.69) is 92.8 Å². The van der Waals surface area contributed by atoms with Gasteiger partial charge in [0.1, 0.15) is 23.7 Å². The number of ether oxygens (including phenoxy) is 3. The van der Waals surface area contributed by atoms with Gasteiger partial charge in [-0.2, -0.15) is 0 Å². The monoisotopic (exact) mass is 884 g/mol. The summed E-state index contributed by atoms with van der Waals surface area (Å²) < 4.78 is 14.9. The van der Waals surface area contributed by atoms with E-state index >= 15 is 0 Å². The van der Waals surface area contributed by atoms with E-state index in [-0.39, 0.29) is 41.8 Å². The minimum absolute atomic E-state index is 0.0935. The van der Waals surface area contributed by atoms with Crippen LogP contribution in [0.5, 0.6) is 0 Å². The highest BCUT2D eigenvalue weighted by Gasteiger charge is 2.51. The molecule has 5 aromatic rings. The Morgan fingerprint density at radius 2 is 1.49 bits per heavy atom. The molecule has 342 valence electrons. The second-order valence-corrected chi connectivity index (χ2v) is 18.9. The van der Waals surface area contributed by atoms with Gasteiger partial charge in [-0.25, -0.2) is 19.6 Å². The smallest absolute Gasteiger partial charge is 0.407 e. The number of amides is 4. The zero-order chi connectivity index (χ0) is 46.0. The summed E-state index contributed by atoms with van der Waals surface area (Å²) in [5.74, 6) is 1.33. The number of methoxy groups -OCH3 is 3. The molecule has 65 heavy (non-hydrogen) atoms. The Balaban J connectivity index is 0.955. The SMILES string of the molecule is C=CC1(CN(Cc2ncc(-c3ccc4cc(-c5ccc(-c6cnc([C@@H]7[C@H]8CC[C@H](C8)N7C(=O)[C@H](CCOC)NC(=O)OC)[nH]6)cc5)ccc4c3)[nH]2)C(=O)[C@@H](NC(=O)OC)C(C)(C)C)CC1. The van der Waals surface area contributed by atoms with Crippen LogP contribution in [0.2, 0.25) is 0 Å². The van der Waals surface area contributed by atoms with Crippen molar-refractivity contribution in [2.24, 2.45) is 16.7 Å². The fourth-order valence-corrected chi connectivity index (χ4v) is 9.56. The number of nitrogens with zero attached hydrogens (tertiary/aromatic N) is 4. The molecule has 3 fully saturated rings. The number of imidazole rings is 2. The third-order valence-electron chi connectivity index (χ3n) is 13.5. The molecular weight excluding hydrogens is 825 g/mol. The van der Waals surface area contributed by atoms with Crippen LogP contribution in [-0.2, 0) is 30.3 Å². The Kier molecular flexibility index (Phi) is 12.9. The number of nitrogens with one attached hydrogen (secondary N) is 4. The summed E-state index contributed by atoms with van der Waals surface area (Å²) in [6.45, 7) is 10.8. The summed E-state index contributed by atoms with van der Waals surface area (Å²) in [5, 5.41) is 7.64. The van der Waals surface area contributed by atoms with Crippen molar-refractivity contribution in [3.05, 3.63) is 97.4 Å². The topological polar surface area (TPSA) is 184 Å². The van der Waals surface area contributed by atoms with E-state index in [1.807, 2.05) is 37.9 Å². The van der Waals surface area contributed by atoms with Gasteiger partial charge in [-0.3, -0.25) is 9.59 Å². The summed E-state index contributed by atoms with van der Waals surface area (Å²) in [4.78, 5) is 72.7. The molecule has 1 saturated heterocycles. The number of H-pyrrole nitrogens is 2. The van der Waals surface area contributed by atoms with Crippen molar-refractivity contribution in [1.29, 1.82) is 0 Å². The number of carbonyl (C=O) groups excluding carboxylic acids is 4. The molecule has 15 nitrogen and oxygen atoms in total. The Hall–Kier alpha value is -6.48. The summed E-state index contributed by atoms with van der Waals surface area (Å²) in [6, 6.07) is 19.4. The van der Waals surface area contributed by atoms with Crippen LogP contribution >= 0.6 is 0 Å². The molecule has 3 heterocycles. The number of aromatic nitrogens is 4. The maximum absolute atomic E-state index is 14.1. The molecule has 2 aliphatic carbocycles. The number of carbonyl (C=O) groups is 4. The molecule has 2 bridgehead atoms. The number of likely N-dealkylation sites (tertiary alicyclic amines) is 1. The van der Waals surface area contributed by atoms with Crippen LogP contribution in [0.3, 0.4) is 0 Å². The standard InChI is InChI=1S/C50H60N8O7/c1-8-50(20-21-50)29-57(46(60)43(49(2,3)4)56-48(62)65-7)28-41-51-26-40(53-41)35-16-15-33-23-32(13-14-34(33)24-35)30-9-11-31(12-10-30)39-27-52-44(54-39)42-36-17-18-37(25-36)58(42)45(59)38(19-22-63-5)55-47(61)64-6/h8-16,23-24,26-27,36-38,42-43H,1,17-22,25,28-29H2,2-7H3,(H,51,53)(H,52,54)(H,55,61)(H,56,62)/t36-,37+,38-,42-,43+/m0/s1. The van der Waals surface area contributed by atoms with Crippen LogP contribution in [-0.4, -0.2) is 106 Å². The molecule has 4 amide bonds. The van der Waals surface area contributed by atoms with Gasteiger partial charge in [-0.1, -0.05) is 75.4 Å². The number of aromatic amines is 2. The lowest BCUT2D eigenvalue weighted by Gasteiger charge is -2.36. The van der Waals surface area contributed by atoms with Gasteiger partial charge in [0.25, 0.3) is 0 Å². The Morgan fingerprint density at radius 3 is 2.15 bits per heavy atom. The van der Waals surface area contributed by atoms with E-state index in [0.717, 1.165) is 82.3 Å². The Bertz CT molecular complexity index is 2560. The van der Waals surface area contributed by atoms with Crippen LogP contribution < -0.4 is 10.6 Å². The molecule has 2 saturated carbocycles. The first kappa shape index (κ1) is 45.1. The van der Waals surface area contributed by atoms with Gasteiger partial charge >= 0.3 is 12.2 Å². The lowest BCUT2D eigenvalue weighted by Crippen LogP contribution is -2.55. The number of hydrogen-bond donors (Lipinski definition) is 4. The molecule has 0 unspecified atom stereocenters. The minimum atomic E-state index is -0.799. The first-order chi connectivity index (χ1) is 31.2. The fraction of sp³-hybridized carbons (Fsp3) is 0.440. The van der Waals surface area contributed by atoms with E-state index < -0.39 is 29.7 Å². The summed E-state index contributed by atoms with van der Waals surface area (Å²) >= 11 is 0. The fourth-order valence-electron chi connectivity index (χ4n) is 9.56. The van der Waals surface area contributed by atoms with Gasteiger partial charge in [-0.15, -0.1) is 6.58 Å². The zero-order valence-corrected chi connectivity index (χ0v) is 38.1. The van der Waals surface area contributed by atoms with Gasteiger partial charge < -0.3 is 44.6 Å².